The average molecular weight is 517 g/mol. The van der Waals surface area contributed by atoms with Crippen molar-refractivity contribution >= 4 is 28.8 Å². The maximum atomic E-state index is 12.4. The van der Waals surface area contributed by atoms with E-state index in [2.05, 4.69) is 46.3 Å². The van der Waals surface area contributed by atoms with Crippen molar-refractivity contribution < 1.29 is 14.3 Å². The number of hydrogen-bond acceptors (Lipinski definition) is 7. The molecule has 7 nitrogen and oxygen atoms in total. The Morgan fingerprint density at radius 2 is 1.56 bits per heavy atom. The maximum absolute atomic E-state index is 12.4. The summed E-state index contributed by atoms with van der Waals surface area (Å²) in [5.74, 6) is 0.0748. The number of esters is 1. The minimum Gasteiger partial charge on any atom is -0.476 e. The molecule has 0 spiro atoms. The molecule has 0 saturated carbocycles. The molecule has 0 aliphatic heterocycles. The highest BCUT2D eigenvalue weighted by Crippen LogP contribution is 2.27. The highest BCUT2D eigenvalue weighted by molar-refractivity contribution is 7.98. The fraction of sp³-hybridized carbons (Fsp3) is 0.643. The minimum atomic E-state index is -0.491. The van der Waals surface area contributed by atoms with Crippen molar-refractivity contribution in [3.63, 3.8) is 0 Å². The summed E-state index contributed by atoms with van der Waals surface area (Å²) in [7, 11) is 1.79. The lowest BCUT2D eigenvalue weighted by atomic mass is 10.1. The first-order chi connectivity index (χ1) is 17.6. The van der Waals surface area contributed by atoms with Gasteiger partial charge in [-0.2, -0.15) is 5.10 Å². The third-order valence-corrected chi connectivity index (χ3v) is 6.39. The highest BCUT2D eigenvalue weighted by atomic mass is 32.2. The van der Waals surface area contributed by atoms with Crippen molar-refractivity contribution in [1.82, 2.24) is 19.7 Å². The van der Waals surface area contributed by atoms with Gasteiger partial charge >= 0.3 is 5.97 Å². The molecule has 0 amide bonds. The van der Waals surface area contributed by atoms with Crippen molar-refractivity contribution in [1.29, 1.82) is 0 Å². The predicted molar refractivity (Wildman–Crippen MR) is 149 cm³/mol. The van der Waals surface area contributed by atoms with Gasteiger partial charge in [-0.15, -0.1) is 0 Å². The van der Waals surface area contributed by atoms with E-state index in [1.54, 1.807) is 18.7 Å². The Balaban J connectivity index is 1.65. The van der Waals surface area contributed by atoms with Gasteiger partial charge in [-0.3, -0.25) is 0 Å². The molecule has 0 N–H and O–H groups in total. The highest BCUT2D eigenvalue weighted by Gasteiger charge is 2.23. The number of fused-ring (bicyclic) bond motifs is 1. The second kappa shape index (κ2) is 18.0. The van der Waals surface area contributed by atoms with Crippen molar-refractivity contribution in [3.05, 3.63) is 30.0 Å². The minimum absolute atomic E-state index is 0.186. The molecule has 8 heteroatoms. The van der Waals surface area contributed by atoms with Crippen LogP contribution in [0.1, 0.15) is 101 Å². The van der Waals surface area contributed by atoms with E-state index in [9.17, 15) is 4.79 Å². The Hall–Kier alpha value is -2.35. The number of allylic oxidation sites excluding steroid dienone is 4. The van der Waals surface area contributed by atoms with E-state index in [4.69, 9.17) is 9.47 Å². The molecule has 2 rings (SSSR count). The van der Waals surface area contributed by atoms with Crippen LogP contribution in [0.4, 0.5) is 0 Å². The number of thioether (sulfide) groups is 1. The first-order valence-electron chi connectivity index (χ1n) is 13.5. The molecular formula is C28H44N4O3S. The van der Waals surface area contributed by atoms with Crippen LogP contribution < -0.4 is 4.74 Å². The number of unbranched alkanes of at least 4 members (excludes halogenated alkanes) is 9. The standard InChI is InChI=1S/C28H44N4O3S/c1-5-7-8-9-10-11-12-13-14-15-16-17-18-19-20-21-22-35-26-24-23(31-32(26)3)25(27(33)34-6-2)30-28(29-24)36-4/h10-11,13-14H,5-9,12,15-22H2,1-4H3/b11-10-,14-13-. The number of carbonyl (C=O) groups excluding carboxylic acids is 1. The second-order valence-electron chi connectivity index (χ2n) is 8.84. The fourth-order valence-corrected chi connectivity index (χ4v) is 4.25. The van der Waals surface area contributed by atoms with Gasteiger partial charge in [0, 0.05) is 7.05 Å². The largest absolute Gasteiger partial charge is 0.476 e. The van der Waals surface area contributed by atoms with E-state index in [0.717, 1.165) is 19.3 Å². The van der Waals surface area contributed by atoms with Gasteiger partial charge in [-0.25, -0.2) is 19.4 Å². The van der Waals surface area contributed by atoms with Gasteiger partial charge in [-0.05, 0) is 51.7 Å². The van der Waals surface area contributed by atoms with E-state index in [1.807, 2.05) is 6.26 Å². The molecule has 0 unspecified atom stereocenters. The summed E-state index contributed by atoms with van der Waals surface area (Å²) in [6.45, 7) is 4.89. The van der Waals surface area contributed by atoms with Crippen LogP contribution >= 0.6 is 11.8 Å². The van der Waals surface area contributed by atoms with E-state index < -0.39 is 5.97 Å². The Bertz CT molecular complexity index is 971. The fourth-order valence-electron chi connectivity index (χ4n) is 3.88. The van der Waals surface area contributed by atoms with Crippen molar-refractivity contribution in [2.75, 3.05) is 19.5 Å². The second-order valence-corrected chi connectivity index (χ2v) is 9.61. The zero-order valence-electron chi connectivity index (χ0n) is 22.6. The zero-order chi connectivity index (χ0) is 26.0. The van der Waals surface area contributed by atoms with Crippen molar-refractivity contribution in [2.45, 2.75) is 96.1 Å². The average Bonchev–Trinajstić information content (AvgIpc) is 3.20. The summed E-state index contributed by atoms with van der Waals surface area (Å²) < 4.78 is 12.8. The molecule has 0 aliphatic carbocycles. The molecule has 0 bridgehead atoms. The molecule has 2 heterocycles. The van der Waals surface area contributed by atoms with Gasteiger partial charge in [0.15, 0.2) is 16.4 Å². The first kappa shape index (κ1) is 29.9. The number of carbonyl (C=O) groups is 1. The van der Waals surface area contributed by atoms with Crippen LogP contribution in [0.5, 0.6) is 5.88 Å². The van der Waals surface area contributed by atoms with E-state index in [1.165, 1.54) is 69.5 Å². The molecule has 2 aromatic rings. The van der Waals surface area contributed by atoms with Crippen molar-refractivity contribution in [3.8, 4) is 5.88 Å². The number of aromatic nitrogens is 4. The third kappa shape index (κ3) is 10.3. The Kier molecular flexibility index (Phi) is 14.9. The van der Waals surface area contributed by atoms with Crippen LogP contribution in [0.25, 0.3) is 11.0 Å². The first-order valence-corrected chi connectivity index (χ1v) is 14.7. The number of nitrogens with zero attached hydrogens (tertiary/aromatic N) is 4. The number of rotatable bonds is 19. The summed E-state index contributed by atoms with van der Waals surface area (Å²) in [4.78, 5) is 21.2. The third-order valence-electron chi connectivity index (χ3n) is 5.85. The molecular weight excluding hydrogens is 472 g/mol. The maximum Gasteiger partial charge on any atom is 0.359 e. The van der Waals surface area contributed by atoms with Crippen LogP contribution in [-0.4, -0.2) is 45.2 Å². The summed E-state index contributed by atoms with van der Waals surface area (Å²) >= 11 is 1.37. The van der Waals surface area contributed by atoms with Gasteiger partial charge in [-0.1, -0.05) is 81.5 Å². The van der Waals surface area contributed by atoms with Crippen LogP contribution in [-0.2, 0) is 11.8 Å². The molecule has 36 heavy (non-hydrogen) atoms. The smallest absolute Gasteiger partial charge is 0.359 e. The number of hydrogen-bond donors (Lipinski definition) is 0. The SMILES string of the molecule is CCCCC/C=C\C/C=C\CCCCCCCCOc1c2nc(SC)nc(C(=O)OCC)c2nn1C. The topological polar surface area (TPSA) is 79.1 Å². The predicted octanol–water partition coefficient (Wildman–Crippen LogP) is 7.45. The molecule has 0 aliphatic rings. The lowest BCUT2D eigenvalue weighted by Gasteiger charge is -2.07. The van der Waals surface area contributed by atoms with Gasteiger partial charge in [0.05, 0.1) is 13.2 Å². The van der Waals surface area contributed by atoms with Crippen LogP contribution in [0, 0.1) is 0 Å². The quantitative estimate of drug-likeness (QED) is 0.0630. The monoisotopic (exact) mass is 516 g/mol. The molecule has 0 saturated heterocycles. The lowest BCUT2D eigenvalue weighted by molar-refractivity contribution is 0.0520. The normalized spacial score (nSPS) is 11.8. The summed E-state index contributed by atoms with van der Waals surface area (Å²) in [5.41, 5.74) is 1.16. The van der Waals surface area contributed by atoms with E-state index in [-0.39, 0.29) is 12.3 Å². The van der Waals surface area contributed by atoms with Crippen LogP contribution in [0.2, 0.25) is 0 Å². The van der Waals surface area contributed by atoms with Gasteiger partial charge in [0.1, 0.15) is 5.52 Å². The van der Waals surface area contributed by atoms with Gasteiger partial charge in [0.25, 0.3) is 0 Å². The van der Waals surface area contributed by atoms with Crippen LogP contribution in [0.15, 0.2) is 29.5 Å². The molecule has 0 aromatic carbocycles. The number of aryl methyl sites for hydroxylation is 1. The number of ether oxygens (including phenoxy) is 2. The Labute approximate surface area is 221 Å². The Morgan fingerprint density at radius 1 is 0.889 bits per heavy atom. The van der Waals surface area contributed by atoms with Gasteiger partial charge in [0.2, 0.25) is 5.88 Å². The summed E-state index contributed by atoms with van der Waals surface area (Å²) in [6, 6.07) is 0. The van der Waals surface area contributed by atoms with Gasteiger partial charge < -0.3 is 9.47 Å². The van der Waals surface area contributed by atoms with Crippen LogP contribution in [0.3, 0.4) is 0 Å². The molecule has 0 fully saturated rings. The molecule has 0 radical (unpaired) electrons. The van der Waals surface area contributed by atoms with E-state index >= 15 is 0 Å². The lowest BCUT2D eigenvalue weighted by Crippen LogP contribution is -2.09. The molecule has 2 aromatic heterocycles. The van der Waals surface area contributed by atoms with E-state index in [0.29, 0.717) is 28.7 Å². The summed E-state index contributed by atoms with van der Waals surface area (Å²) in [5, 5.41) is 4.93. The molecule has 0 atom stereocenters. The molecule has 200 valence electrons. The summed E-state index contributed by atoms with van der Waals surface area (Å²) in [6.07, 6.45) is 25.6. The van der Waals surface area contributed by atoms with Crippen molar-refractivity contribution in [2.24, 2.45) is 7.05 Å². The Morgan fingerprint density at radius 3 is 2.22 bits per heavy atom. The zero-order valence-corrected chi connectivity index (χ0v) is 23.4.